The summed E-state index contributed by atoms with van der Waals surface area (Å²) in [5, 5.41) is 9.18. The van der Waals surface area contributed by atoms with E-state index in [-0.39, 0.29) is 18.0 Å². The van der Waals surface area contributed by atoms with Gasteiger partial charge in [-0.1, -0.05) is 5.16 Å². The molecule has 0 bridgehead atoms. The highest BCUT2D eigenvalue weighted by Gasteiger charge is 2.29. The number of rotatable bonds is 7. The Morgan fingerprint density at radius 2 is 2.06 bits per heavy atom. The van der Waals surface area contributed by atoms with Crippen LogP contribution in [0.1, 0.15) is 34.7 Å². The second-order valence-electron chi connectivity index (χ2n) is 7.90. The van der Waals surface area contributed by atoms with Gasteiger partial charge < -0.3 is 19.7 Å². The molecule has 2 aliphatic rings. The Morgan fingerprint density at radius 1 is 1.22 bits per heavy atom. The van der Waals surface area contributed by atoms with Crippen molar-refractivity contribution in [1.29, 1.82) is 0 Å². The molecular formula is C19H24N8O4S. The highest BCUT2D eigenvalue weighted by atomic mass is 32.2. The van der Waals surface area contributed by atoms with Crippen molar-refractivity contribution < 1.29 is 17.7 Å². The number of hydrazine groups is 1. The summed E-state index contributed by atoms with van der Waals surface area (Å²) < 4.78 is 29.8. The van der Waals surface area contributed by atoms with Crippen molar-refractivity contribution in [2.24, 2.45) is 0 Å². The number of aromatic amines is 1. The first-order valence-corrected chi connectivity index (χ1v) is 12.2. The summed E-state index contributed by atoms with van der Waals surface area (Å²) in [5.41, 5.74) is 1.61. The van der Waals surface area contributed by atoms with Crippen molar-refractivity contribution in [2.75, 3.05) is 36.8 Å². The van der Waals surface area contributed by atoms with Gasteiger partial charge in [-0.2, -0.15) is 0 Å². The van der Waals surface area contributed by atoms with Gasteiger partial charge in [-0.15, -0.1) is 4.83 Å². The molecule has 0 aliphatic carbocycles. The van der Waals surface area contributed by atoms with Crippen LogP contribution in [0.2, 0.25) is 0 Å². The average Bonchev–Trinajstić information content (AvgIpc) is 3.52. The quantitative estimate of drug-likeness (QED) is 0.448. The lowest BCUT2D eigenvalue weighted by Crippen LogP contribution is -2.43. The summed E-state index contributed by atoms with van der Waals surface area (Å²) in [6.45, 7) is 2.46. The lowest BCUT2D eigenvalue weighted by atomic mass is 10.1. The largest absolute Gasteiger partial charge is 0.360 e. The molecule has 5 rings (SSSR count). The van der Waals surface area contributed by atoms with Crippen LogP contribution in [-0.2, 0) is 23.0 Å². The monoisotopic (exact) mass is 460 g/mol. The molecule has 12 nitrogen and oxygen atoms in total. The molecule has 3 aromatic heterocycles. The number of carbonyl (C=O) groups is 1. The number of sulfonamides is 1. The molecule has 3 aromatic rings. The first kappa shape index (κ1) is 20.8. The molecule has 1 saturated heterocycles. The van der Waals surface area contributed by atoms with Gasteiger partial charge in [0.15, 0.2) is 5.69 Å². The molecule has 0 radical (unpaired) electrons. The van der Waals surface area contributed by atoms with E-state index in [0.717, 1.165) is 29.7 Å². The Balaban J connectivity index is 1.24. The number of carbonyl (C=O) groups excluding carboxylic acids is 1. The third-order valence-electron chi connectivity index (χ3n) is 5.71. The number of H-pyrrole nitrogens is 1. The fraction of sp³-hybridized carbons (Fsp3) is 0.474. The molecule has 3 N–H and O–H groups in total. The van der Waals surface area contributed by atoms with Gasteiger partial charge in [0, 0.05) is 44.4 Å². The summed E-state index contributed by atoms with van der Waals surface area (Å²) in [6, 6.07) is 1.91. The van der Waals surface area contributed by atoms with Crippen LogP contribution in [-0.4, -0.2) is 71.4 Å². The highest BCUT2D eigenvalue weighted by Crippen LogP contribution is 2.29. The van der Waals surface area contributed by atoms with Crippen molar-refractivity contribution >= 4 is 32.8 Å². The summed E-state index contributed by atoms with van der Waals surface area (Å²) in [7, 11) is -3.51. The predicted molar refractivity (Wildman–Crippen MR) is 115 cm³/mol. The van der Waals surface area contributed by atoms with Crippen molar-refractivity contribution in [1.82, 2.24) is 35.3 Å². The van der Waals surface area contributed by atoms with E-state index in [1.807, 2.05) is 12.3 Å². The Bertz CT molecular complexity index is 1230. The Labute approximate surface area is 184 Å². The molecule has 13 heteroatoms. The van der Waals surface area contributed by atoms with E-state index in [1.54, 1.807) is 5.01 Å². The van der Waals surface area contributed by atoms with Crippen LogP contribution in [0.3, 0.4) is 0 Å². The van der Waals surface area contributed by atoms with Gasteiger partial charge in [-0.3, -0.25) is 4.79 Å². The normalized spacial score (nSPS) is 17.1. The molecule has 1 amide bonds. The third kappa shape index (κ3) is 4.18. The zero-order valence-corrected chi connectivity index (χ0v) is 18.2. The number of nitrogens with one attached hydrogen (secondary N) is 3. The predicted octanol–water partition coefficient (Wildman–Crippen LogP) is 0.169. The Morgan fingerprint density at radius 3 is 2.91 bits per heavy atom. The van der Waals surface area contributed by atoms with Crippen LogP contribution in [0.4, 0.5) is 5.82 Å². The second kappa shape index (κ2) is 8.48. The van der Waals surface area contributed by atoms with Crippen LogP contribution in [0, 0.1) is 0 Å². The van der Waals surface area contributed by atoms with E-state index < -0.39 is 15.9 Å². The molecule has 0 aromatic carbocycles. The van der Waals surface area contributed by atoms with Gasteiger partial charge in [-0.05, 0) is 18.9 Å². The van der Waals surface area contributed by atoms with E-state index in [4.69, 9.17) is 4.52 Å². The number of anilines is 1. The fourth-order valence-corrected chi connectivity index (χ4v) is 5.15. The molecule has 2 aliphatic heterocycles. The van der Waals surface area contributed by atoms with E-state index in [1.165, 1.54) is 6.33 Å². The second-order valence-corrected chi connectivity index (χ2v) is 9.72. The average molecular weight is 461 g/mol. The summed E-state index contributed by atoms with van der Waals surface area (Å²) in [4.78, 5) is 29.0. The van der Waals surface area contributed by atoms with Crippen molar-refractivity contribution in [3.05, 3.63) is 35.6 Å². The lowest BCUT2D eigenvalue weighted by molar-refractivity contribution is 0.0946. The minimum absolute atomic E-state index is 0.0246. The highest BCUT2D eigenvalue weighted by molar-refractivity contribution is 7.89. The molecule has 1 fully saturated rings. The fourth-order valence-electron chi connectivity index (χ4n) is 4.11. The van der Waals surface area contributed by atoms with E-state index in [9.17, 15) is 13.2 Å². The Hall–Kier alpha value is -3.03. The first-order valence-electron chi connectivity index (χ1n) is 10.5. The van der Waals surface area contributed by atoms with Gasteiger partial charge in [-0.25, -0.2) is 23.4 Å². The van der Waals surface area contributed by atoms with Crippen molar-refractivity contribution in [3.63, 3.8) is 0 Å². The molecule has 0 saturated carbocycles. The van der Waals surface area contributed by atoms with Crippen LogP contribution >= 0.6 is 0 Å². The Kier molecular flexibility index (Phi) is 5.53. The number of aromatic nitrogens is 4. The van der Waals surface area contributed by atoms with Crippen molar-refractivity contribution in [2.45, 2.75) is 25.8 Å². The number of fused-ring (bicyclic) bond motifs is 2. The third-order valence-corrected chi connectivity index (χ3v) is 6.98. The molecule has 0 unspecified atom stereocenters. The molecule has 0 spiro atoms. The minimum atomic E-state index is -3.51. The van der Waals surface area contributed by atoms with Crippen LogP contribution in [0.15, 0.2) is 23.1 Å². The number of hydrogen-bond acceptors (Lipinski definition) is 9. The van der Waals surface area contributed by atoms with Gasteiger partial charge in [0.05, 0.1) is 17.7 Å². The van der Waals surface area contributed by atoms with E-state index >= 15 is 0 Å². The van der Waals surface area contributed by atoms with Crippen molar-refractivity contribution in [3.8, 4) is 0 Å². The molecule has 170 valence electrons. The SMILES string of the molecule is O=C(NCCS(=O)(=O)NN1CCCC1)c1noc2c1CN(c1ncnc3[nH]ccc13)CC2. The number of nitrogens with zero attached hydrogens (tertiary/aromatic N) is 5. The van der Waals surface area contributed by atoms with E-state index in [2.05, 4.69) is 35.2 Å². The number of hydrogen-bond donors (Lipinski definition) is 3. The van der Waals surface area contributed by atoms with Gasteiger partial charge >= 0.3 is 0 Å². The van der Waals surface area contributed by atoms with Gasteiger partial charge in [0.25, 0.3) is 5.91 Å². The maximum atomic E-state index is 12.7. The van der Waals surface area contributed by atoms with Crippen LogP contribution in [0.5, 0.6) is 0 Å². The zero-order valence-electron chi connectivity index (χ0n) is 17.4. The standard InChI is InChI=1S/C19H24N8O4S/c28-19(21-6-10-32(29,30)25-27-7-1-2-8-27)16-14-11-26(9-4-15(14)31-24-16)18-13-3-5-20-17(13)22-12-23-18/h3,5,12,25H,1-2,4,6-11H2,(H,21,28)(H,20,22,23). The topological polar surface area (TPSA) is 149 Å². The smallest absolute Gasteiger partial charge is 0.273 e. The minimum Gasteiger partial charge on any atom is -0.360 e. The van der Waals surface area contributed by atoms with Gasteiger partial charge in [0.1, 0.15) is 23.6 Å². The summed E-state index contributed by atoms with van der Waals surface area (Å²) >= 11 is 0. The maximum Gasteiger partial charge on any atom is 0.273 e. The molecule has 32 heavy (non-hydrogen) atoms. The zero-order chi connectivity index (χ0) is 22.1. The molecular weight excluding hydrogens is 436 g/mol. The maximum absolute atomic E-state index is 12.7. The first-order chi connectivity index (χ1) is 15.5. The van der Waals surface area contributed by atoms with Crippen LogP contribution < -0.4 is 15.0 Å². The van der Waals surface area contributed by atoms with Gasteiger partial charge in [0.2, 0.25) is 10.0 Å². The summed E-state index contributed by atoms with van der Waals surface area (Å²) in [5.74, 6) is 0.763. The summed E-state index contributed by atoms with van der Waals surface area (Å²) in [6.07, 6.45) is 5.83. The van der Waals surface area contributed by atoms with Crippen LogP contribution in [0.25, 0.3) is 11.0 Å². The number of amides is 1. The lowest BCUT2D eigenvalue weighted by Gasteiger charge is -2.27. The van der Waals surface area contributed by atoms with E-state index in [0.29, 0.717) is 43.9 Å². The molecule has 5 heterocycles. The molecule has 0 atom stereocenters.